The number of aliphatic hydroxyl groups is 1. The monoisotopic (exact) mass is 506 g/mol. The van der Waals surface area contributed by atoms with E-state index >= 15 is 0 Å². The van der Waals surface area contributed by atoms with Crippen molar-refractivity contribution >= 4 is 56.6 Å². The Morgan fingerprint density at radius 2 is 1.24 bits per heavy atom. The number of pyridine rings is 1. The standard InChI is InChI=1S/C29H22N4O5/c34-18(16-33-24-11-5-2-8-20(24)26(35)21-9-3-6-12-25(21)33)15-32-14-17(19-7-1-4-10-23(19)32)13-22-27(36)30-29(38)31-28(22)37/h1-14,18,34H,15-16H2,(H2,30,31,36,37,38)/t18-/m0/s1. The number of urea groups is 1. The van der Waals surface area contributed by atoms with E-state index in [9.17, 15) is 24.3 Å². The number of rotatable bonds is 5. The summed E-state index contributed by atoms with van der Waals surface area (Å²) in [5, 5.41) is 17.4. The van der Waals surface area contributed by atoms with E-state index in [1.807, 2.05) is 69.8 Å². The van der Waals surface area contributed by atoms with Crippen LogP contribution >= 0.6 is 0 Å². The van der Waals surface area contributed by atoms with E-state index in [-0.39, 0.29) is 24.1 Å². The van der Waals surface area contributed by atoms with Crippen LogP contribution in [0.2, 0.25) is 0 Å². The molecule has 1 aliphatic heterocycles. The number of nitrogens with zero attached hydrogens (tertiary/aromatic N) is 2. The van der Waals surface area contributed by atoms with Gasteiger partial charge < -0.3 is 14.2 Å². The highest BCUT2D eigenvalue weighted by atomic mass is 16.3. The lowest BCUT2D eigenvalue weighted by Crippen LogP contribution is -2.51. The van der Waals surface area contributed by atoms with Crippen LogP contribution in [0.1, 0.15) is 5.56 Å². The molecule has 9 nitrogen and oxygen atoms in total. The highest BCUT2D eigenvalue weighted by Crippen LogP contribution is 2.25. The van der Waals surface area contributed by atoms with Crippen molar-refractivity contribution < 1.29 is 19.5 Å². The number of hydrogen-bond donors (Lipinski definition) is 3. The number of aromatic nitrogens is 2. The number of carbonyl (C=O) groups is 3. The van der Waals surface area contributed by atoms with Crippen LogP contribution in [-0.2, 0) is 22.7 Å². The van der Waals surface area contributed by atoms with Crippen molar-refractivity contribution in [2.45, 2.75) is 19.2 Å². The second kappa shape index (κ2) is 9.13. The Kier molecular flexibility index (Phi) is 5.62. The predicted octanol–water partition coefficient (Wildman–Crippen LogP) is 2.92. The van der Waals surface area contributed by atoms with E-state index in [0.29, 0.717) is 16.3 Å². The minimum Gasteiger partial charge on any atom is -0.389 e. The highest BCUT2D eigenvalue weighted by Gasteiger charge is 2.28. The summed E-state index contributed by atoms with van der Waals surface area (Å²) in [5.41, 5.74) is 2.65. The van der Waals surface area contributed by atoms with Gasteiger partial charge in [0.2, 0.25) is 0 Å². The molecule has 1 fully saturated rings. The van der Waals surface area contributed by atoms with Gasteiger partial charge in [-0.3, -0.25) is 25.0 Å². The Bertz CT molecular complexity index is 1800. The second-order valence-corrected chi connectivity index (χ2v) is 9.18. The van der Waals surface area contributed by atoms with Crippen LogP contribution in [0.5, 0.6) is 0 Å². The normalized spacial score (nSPS) is 14.7. The Hall–Kier alpha value is -5.02. The maximum atomic E-state index is 13.0. The quantitative estimate of drug-likeness (QED) is 0.192. The van der Waals surface area contributed by atoms with Crippen molar-refractivity contribution in [3.63, 3.8) is 0 Å². The number of nitrogens with one attached hydrogen (secondary N) is 2. The third-order valence-corrected chi connectivity index (χ3v) is 6.74. The van der Waals surface area contributed by atoms with Crippen molar-refractivity contribution in [3.05, 3.63) is 100 Å². The molecule has 4 amide bonds. The molecule has 0 saturated carbocycles. The fourth-order valence-electron chi connectivity index (χ4n) is 5.07. The van der Waals surface area contributed by atoms with E-state index < -0.39 is 23.9 Å². The van der Waals surface area contributed by atoms with Gasteiger partial charge in [-0.2, -0.15) is 0 Å². The number of fused-ring (bicyclic) bond motifs is 3. The molecule has 0 radical (unpaired) electrons. The van der Waals surface area contributed by atoms with Crippen LogP contribution in [0, 0.1) is 0 Å². The van der Waals surface area contributed by atoms with E-state index in [2.05, 4.69) is 10.6 Å². The second-order valence-electron chi connectivity index (χ2n) is 9.18. The Labute approximate surface area is 215 Å². The summed E-state index contributed by atoms with van der Waals surface area (Å²) < 4.78 is 3.82. The van der Waals surface area contributed by atoms with Crippen LogP contribution in [-0.4, -0.2) is 38.2 Å². The number of barbiturate groups is 1. The molecule has 6 rings (SSSR count). The molecular weight excluding hydrogens is 484 g/mol. The van der Waals surface area contributed by atoms with Gasteiger partial charge in [-0.25, -0.2) is 4.79 Å². The summed E-state index contributed by atoms with van der Waals surface area (Å²) in [6.45, 7) is 0.451. The van der Waals surface area contributed by atoms with Crippen molar-refractivity contribution in [1.29, 1.82) is 0 Å². The summed E-state index contributed by atoms with van der Waals surface area (Å²) in [6, 6.07) is 21.3. The average molecular weight is 507 g/mol. The van der Waals surface area contributed by atoms with Crippen molar-refractivity contribution in [2.24, 2.45) is 0 Å². The molecule has 0 bridgehead atoms. The van der Waals surface area contributed by atoms with Gasteiger partial charge in [-0.05, 0) is 36.4 Å². The fourth-order valence-corrected chi connectivity index (χ4v) is 5.07. The van der Waals surface area contributed by atoms with E-state index in [1.165, 1.54) is 6.08 Å². The number of benzene rings is 3. The predicted molar refractivity (Wildman–Crippen MR) is 143 cm³/mol. The molecule has 5 aromatic rings. The molecule has 188 valence electrons. The number of aliphatic hydroxyl groups excluding tert-OH is 1. The maximum absolute atomic E-state index is 13.0. The molecule has 3 aromatic carbocycles. The average Bonchev–Trinajstić information content (AvgIpc) is 3.25. The first-order chi connectivity index (χ1) is 18.4. The summed E-state index contributed by atoms with van der Waals surface area (Å²) in [7, 11) is 0. The van der Waals surface area contributed by atoms with Crippen molar-refractivity contribution in [3.8, 4) is 0 Å². The Morgan fingerprint density at radius 1 is 0.711 bits per heavy atom. The van der Waals surface area contributed by atoms with Crippen LogP contribution in [0.4, 0.5) is 4.79 Å². The van der Waals surface area contributed by atoms with Gasteiger partial charge >= 0.3 is 6.03 Å². The van der Waals surface area contributed by atoms with E-state index in [1.54, 1.807) is 18.3 Å². The minimum absolute atomic E-state index is 0.0477. The van der Waals surface area contributed by atoms with Crippen molar-refractivity contribution in [2.75, 3.05) is 0 Å². The largest absolute Gasteiger partial charge is 0.389 e. The molecule has 38 heavy (non-hydrogen) atoms. The molecule has 3 N–H and O–H groups in total. The number of carbonyl (C=O) groups excluding carboxylic acids is 3. The lowest BCUT2D eigenvalue weighted by atomic mass is 10.1. The summed E-state index contributed by atoms with van der Waals surface area (Å²) >= 11 is 0. The number of imide groups is 2. The molecule has 1 atom stereocenters. The molecule has 1 aliphatic rings. The van der Waals surface area contributed by atoms with Gasteiger partial charge in [-0.1, -0.05) is 42.5 Å². The number of amides is 4. The number of hydrogen-bond acceptors (Lipinski definition) is 5. The molecule has 0 aliphatic carbocycles. The zero-order chi connectivity index (χ0) is 26.4. The van der Waals surface area contributed by atoms with Gasteiger partial charge in [0.15, 0.2) is 5.43 Å². The lowest BCUT2D eigenvalue weighted by molar-refractivity contribution is -0.123. The van der Waals surface area contributed by atoms with Gasteiger partial charge in [0.05, 0.1) is 30.2 Å². The summed E-state index contributed by atoms with van der Waals surface area (Å²) in [6.07, 6.45) is 2.37. The highest BCUT2D eigenvalue weighted by molar-refractivity contribution is 6.31. The number of para-hydroxylation sites is 3. The molecule has 0 spiro atoms. The Morgan fingerprint density at radius 3 is 1.84 bits per heavy atom. The maximum Gasteiger partial charge on any atom is 0.328 e. The first-order valence-corrected chi connectivity index (χ1v) is 12.1. The first kappa shape index (κ1) is 23.4. The minimum atomic E-state index is -0.856. The zero-order valence-corrected chi connectivity index (χ0v) is 20.0. The van der Waals surface area contributed by atoms with Gasteiger partial charge in [0.25, 0.3) is 11.8 Å². The van der Waals surface area contributed by atoms with Gasteiger partial charge in [0.1, 0.15) is 5.57 Å². The van der Waals surface area contributed by atoms with E-state index in [0.717, 1.165) is 21.9 Å². The molecule has 1 saturated heterocycles. The lowest BCUT2D eigenvalue weighted by Gasteiger charge is -2.19. The topological polar surface area (TPSA) is 122 Å². The summed E-state index contributed by atoms with van der Waals surface area (Å²) in [5.74, 6) is -1.54. The van der Waals surface area contributed by atoms with Crippen LogP contribution in [0.3, 0.4) is 0 Å². The van der Waals surface area contributed by atoms with Crippen molar-refractivity contribution in [1.82, 2.24) is 19.8 Å². The zero-order valence-electron chi connectivity index (χ0n) is 20.0. The van der Waals surface area contributed by atoms with Gasteiger partial charge in [0, 0.05) is 33.4 Å². The molecule has 2 aromatic heterocycles. The van der Waals surface area contributed by atoms with Crippen LogP contribution < -0.4 is 16.1 Å². The van der Waals surface area contributed by atoms with Crippen LogP contribution in [0.15, 0.2) is 89.4 Å². The molecule has 0 unspecified atom stereocenters. The molecular formula is C29H22N4O5. The fraction of sp³-hybridized carbons (Fsp3) is 0.103. The molecule has 9 heteroatoms. The third kappa shape index (κ3) is 3.95. The third-order valence-electron chi connectivity index (χ3n) is 6.74. The van der Waals surface area contributed by atoms with Gasteiger partial charge in [-0.15, -0.1) is 0 Å². The summed E-state index contributed by atoms with van der Waals surface area (Å²) in [4.78, 5) is 48.9. The van der Waals surface area contributed by atoms with Crippen LogP contribution in [0.25, 0.3) is 38.8 Å². The smallest absolute Gasteiger partial charge is 0.328 e. The first-order valence-electron chi connectivity index (χ1n) is 12.1. The SMILES string of the molecule is O=C1NC(=O)C(=Cc2cn(C[C@H](O)Cn3c4ccccc4c(=O)c4ccccc43)c3ccccc23)C(=O)N1. The van der Waals surface area contributed by atoms with E-state index in [4.69, 9.17) is 0 Å². The molecule has 3 heterocycles. The Balaban J connectivity index is 1.38.